The van der Waals surface area contributed by atoms with Crippen LogP contribution in [0.1, 0.15) is 35.8 Å². The van der Waals surface area contributed by atoms with E-state index in [0.29, 0.717) is 21.7 Å². The lowest BCUT2D eigenvalue weighted by Crippen LogP contribution is -2.05. The van der Waals surface area contributed by atoms with Gasteiger partial charge in [-0.25, -0.2) is 14.2 Å². The molecule has 1 aromatic carbocycles. The van der Waals surface area contributed by atoms with E-state index in [9.17, 15) is 9.18 Å². The van der Waals surface area contributed by atoms with E-state index in [1.54, 1.807) is 12.1 Å². The predicted octanol–water partition coefficient (Wildman–Crippen LogP) is 4.55. The van der Waals surface area contributed by atoms with Crippen molar-refractivity contribution in [2.75, 3.05) is 5.32 Å². The maximum Gasteiger partial charge on any atom is 0.335 e. The summed E-state index contributed by atoms with van der Waals surface area (Å²) in [6.07, 6.45) is 0. The Morgan fingerprint density at radius 1 is 1.33 bits per heavy atom. The van der Waals surface area contributed by atoms with Crippen molar-refractivity contribution >= 4 is 33.4 Å². The molecule has 0 spiro atoms. The minimum absolute atomic E-state index is 0.0841. The third-order valence-corrected chi connectivity index (χ3v) is 3.57. The summed E-state index contributed by atoms with van der Waals surface area (Å²) in [6, 6.07) is 7.18. The van der Waals surface area contributed by atoms with Gasteiger partial charge >= 0.3 is 5.97 Å². The van der Waals surface area contributed by atoms with Crippen LogP contribution in [0.3, 0.4) is 0 Å². The zero-order chi connectivity index (χ0) is 15.6. The second kappa shape index (κ2) is 6.22. The SMILES string of the molecule is CC(C)c1cc(C(=O)O)cc(Nc2cc(F)ccc2Br)n1. The highest BCUT2D eigenvalue weighted by atomic mass is 79.9. The molecule has 6 heteroatoms. The Bertz CT molecular complexity index is 689. The van der Waals surface area contributed by atoms with Gasteiger partial charge in [-0.1, -0.05) is 13.8 Å². The van der Waals surface area contributed by atoms with Crippen LogP contribution in [0.5, 0.6) is 0 Å². The average Bonchev–Trinajstić information content (AvgIpc) is 2.42. The molecular formula is C15H14BrFN2O2. The fourth-order valence-electron chi connectivity index (χ4n) is 1.77. The fourth-order valence-corrected chi connectivity index (χ4v) is 2.11. The molecule has 0 amide bonds. The predicted molar refractivity (Wildman–Crippen MR) is 82.7 cm³/mol. The van der Waals surface area contributed by atoms with Crippen molar-refractivity contribution in [2.45, 2.75) is 19.8 Å². The first kappa shape index (κ1) is 15.4. The van der Waals surface area contributed by atoms with Gasteiger partial charge in [-0.3, -0.25) is 0 Å². The Balaban J connectivity index is 2.43. The second-order valence-corrected chi connectivity index (χ2v) is 5.73. The third kappa shape index (κ3) is 3.78. The lowest BCUT2D eigenvalue weighted by Gasteiger charge is -2.12. The quantitative estimate of drug-likeness (QED) is 0.847. The van der Waals surface area contributed by atoms with Gasteiger partial charge in [-0.2, -0.15) is 0 Å². The van der Waals surface area contributed by atoms with Crippen LogP contribution in [-0.2, 0) is 0 Å². The molecule has 21 heavy (non-hydrogen) atoms. The molecule has 4 nitrogen and oxygen atoms in total. The second-order valence-electron chi connectivity index (χ2n) is 4.87. The number of nitrogens with zero attached hydrogens (tertiary/aromatic N) is 1. The number of rotatable bonds is 4. The smallest absolute Gasteiger partial charge is 0.335 e. The van der Waals surface area contributed by atoms with Crippen LogP contribution in [0, 0.1) is 5.82 Å². The minimum atomic E-state index is -1.03. The lowest BCUT2D eigenvalue weighted by atomic mass is 10.1. The summed E-state index contributed by atoms with van der Waals surface area (Å²) in [5, 5.41) is 12.1. The van der Waals surface area contributed by atoms with Crippen molar-refractivity contribution in [2.24, 2.45) is 0 Å². The van der Waals surface area contributed by atoms with E-state index >= 15 is 0 Å². The van der Waals surface area contributed by atoms with Gasteiger partial charge in [0.15, 0.2) is 0 Å². The minimum Gasteiger partial charge on any atom is -0.478 e. The third-order valence-electron chi connectivity index (χ3n) is 2.87. The number of carbonyl (C=O) groups is 1. The number of aromatic nitrogens is 1. The number of pyridine rings is 1. The zero-order valence-corrected chi connectivity index (χ0v) is 13.1. The van der Waals surface area contributed by atoms with Gasteiger partial charge in [0.05, 0.1) is 11.3 Å². The fraction of sp³-hybridized carbons (Fsp3) is 0.200. The number of benzene rings is 1. The molecule has 0 aliphatic rings. The van der Waals surface area contributed by atoms with E-state index in [4.69, 9.17) is 5.11 Å². The molecule has 0 fully saturated rings. The van der Waals surface area contributed by atoms with Crippen molar-refractivity contribution in [3.8, 4) is 0 Å². The molecule has 0 aliphatic heterocycles. The van der Waals surface area contributed by atoms with E-state index in [1.165, 1.54) is 18.2 Å². The summed E-state index contributed by atoms with van der Waals surface area (Å²) in [6.45, 7) is 3.85. The van der Waals surface area contributed by atoms with Gasteiger partial charge < -0.3 is 10.4 Å². The van der Waals surface area contributed by atoms with Crippen LogP contribution in [0.4, 0.5) is 15.9 Å². The summed E-state index contributed by atoms with van der Waals surface area (Å²) in [5.41, 5.74) is 1.29. The Morgan fingerprint density at radius 2 is 2.05 bits per heavy atom. The average molecular weight is 353 g/mol. The number of carboxylic acids is 1. The monoisotopic (exact) mass is 352 g/mol. The van der Waals surface area contributed by atoms with Gasteiger partial charge in [-0.15, -0.1) is 0 Å². The van der Waals surface area contributed by atoms with Gasteiger partial charge in [0.25, 0.3) is 0 Å². The molecule has 0 unspecified atom stereocenters. The first-order chi connectivity index (χ1) is 9.86. The van der Waals surface area contributed by atoms with E-state index in [0.717, 1.165) is 0 Å². The van der Waals surface area contributed by atoms with E-state index < -0.39 is 5.97 Å². The Morgan fingerprint density at radius 3 is 2.67 bits per heavy atom. The van der Waals surface area contributed by atoms with Crippen molar-refractivity contribution < 1.29 is 14.3 Å². The highest BCUT2D eigenvalue weighted by Crippen LogP contribution is 2.27. The molecule has 0 radical (unpaired) electrons. The Hall–Kier alpha value is -1.95. The molecule has 2 N–H and O–H groups in total. The van der Waals surface area contributed by atoms with Gasteiger partial charge in [-0.05, 0) is 52.2 Å². The molecule has 0 atom stereocenters. The van der Waals surface area contributed by atoms with Gasteiger partial charge in [0.1, 0.15) is 11.6 Å². The lowest BCUT2D eigenvalue weighted by molar-refractivity contribution is 0.0696. The van der Waals surface area contributed by atoms with E-state index in [1.807, 2.05) is 13.8 Å². The number of anilines is 2. The maximum atomic E-state index is 13.3. The van der Waals surface area contributed by atoms with Crippen LogP contribution in [-0.4, -0.2) is 16.1 Å². The highest BCUT2D eigenvalue weighted by molar-refractivity contribution is 9.10. The number of halogens is 2. The van der Waals surface area contributed by atoms with E-state index in [2.05, 4.69) is 26.2 Å². The summed E-state index contributed by atoms with van der Waals surface area (Å²) in [7, 11) is 0. The van der Waals surface area contributed by atoms with Crippen LogP contribution in [0.25, 0.3) is 0 Å². The van der Waals surface area contributed by atoms with Crippen LogP contribution in [0.15, 0.2) is 34.8 Å². The molecule has 110 valence electrons. The Kier molecular flexibility index (Phi) is 4.57. The molecule has 0 bridgehead atoms. The standard InChI is InChI=1S/C15H14BrFN2O2/c1-8(2)12-5-9(15(20)21)6-14(18-12)19-13-7-10(17)3-4-11(13)16/h3-8H,1-2H3,(H,18,19)(H,20,21). The van der Waals surface area contributed by atoms with Crippen LogP contribution >= 0.6 is 15.9 Å². The van der Waals surface area contributed by atoms with Crippen molar-refractivity contribution in [3.05, 3.63) is 51.9 Å². The summed E-state index contributed by atoms with van der Waals surface area (Å²) in [4.78, 5) is 15.5. The van der Waals surface area contributed by atoms with E-state index in [-0.39, 0.29) is 17.3 Å². The Labute approximate surface area is 130 Å². The van der Waals surface area contributed by atoms with Crippen molar-refractivity contribution in [1.82, 2.24) is 4.98 Å². The van der Waals surface area contributed by atoms with Gasteiger partial charge in [0, 0.05) is 10.2 Å². The molecule has 1 aromatic heterocycles. The number of hydrogen-bond donors (Lipinski definition) is 2. The molecular weight excluding hydrogens is 339 g/mol. The molecule has 0 saturated carbocycles. The normalized spacial score (nSPS) is 10.7. The maximum absolute atomic E-state index is 13.3. The zero-order valence-electron chi connectivity index (χ0n) is 11.5. The first-order valence-electron chi connectivity index (χ1n) is 6.34. The number of aromatic carboxylic acids is 1. The largest absolute Gasteiger partial charge is 0.478 e. The molecule has 2 aromatic rings. The number of hydrogen-bond acceptors (Lipinski definition) is 3. The van der Waals surface area contributed by atoms with Crippen molar-refractivity contribution in [3.63, 3.8) is 0 Å². The number of nitrogens with one attached hydrogen (secondary N) is 1. The topological polar surface area (TPSA) is 62.2 Å². The first-order valence-corrected chi connectivity index (χ1v) is 7.13. The highest BCUT2D eigenvalue weighted by Gasteiger charge is 2.12. The molecule has 2 rings (SSSR count). The molecule has 1 heterocycles. The summed E-state index contributed by atoms with van der Waals surface area (Å²) < 4.78 is 14.0. The van der Waals surface area contributed by atoms with Gasteiger partial charge in [0.2, 0.25) is 0 Å². The van der Waals surface area contributed by atoms with Crippen LogP contribution < -0.4 is 5.32 Å². The van der Waals surface area contributed by atoms with Crippen molar-refractivity contribution in [1.29, 1.82) is 0 Å². The number of carboxylic acid groups (broad SMARTS) is 1. The summed E-state index contributed by atoms with van der Waals surface area (Å²) in [5.74, 6) is -0.967. The molecule has 0 saturated heterocycles. The van der Waals surface area contributed by atoms with Crippen LogP contribution in [0.2, 0.25) is 0 Å². The molecule has 0 aliphatic carbocycles. The summed E-state index contributed by atoms with van der Waals surface area (Å²) >= 11 is 3.31.